The summed E-state index contributed by atoms with van der Waals surface area (Å²) in [7, 11) is 1.57. The number of amides is 3. The maximum absolute atomic E-state index is 12.8. The van der Waals surface area contributed by atoms with Crippen LogP contribution in [0.25, 0.3) is 0 Å². The molecule has 1 aromatic rings. The van der Waals surface area contributed by atoms with Gasteiger partial charge >= 0.3 is 0 Å². The maximum Gasteiger partial charge on any atom is 0.252 e. The number of carbonyl (C=O) groups excluding carboxylic acids is 3. The van der Waals surface area contributed by atoms with E-state index in [0.29, 0.717) is 17.1 Å². The first-order chi connectivity index (χ1) is 14.6. The zero-order valence-electron chi connectivity index (χ0n) is 17.5. The monoisotopic (exact) mass is 414 g/mol. The van der Waals surface area contributed by atoms with Crippen LogP contribution in [0, 0.1) is 0 Å². The standard InChI is InChI=1S/C23H30N2O5/c1-29-19-12-11-15(13-20(19)30-17-9-5-6-10-17)22(27)24-18-14-21(26)25(23(18)28)16-7-3-2-4-8-16/h11-13,16-18H,2-10,14H2,1H3,(H,24,27)/t18-/m0/s1. The summed E-state index contributed by atoms with van der Waals surface area (Å²) in [4.78, 5) is 39.5. The van der Waals surface area contributed by atoms with E-state index in [4.69, 9.17) is 9.47 Å². The normalized spacial score (nSPS) is 23.1. The van der Waals surface area contributed by atoms with Crippen LogP contribution in [0.1, 0.15) is 74.6 Å². The van der Waals surface area contributed by atoms with E-state index in [1.165, 1.54) is 4.90 Å². The Hall–Kier alpha value is -2.57. The van der Waals surface area contributed by atoms with E-state index in [1.807, 2.05) is 0 Å². The molecule has 1 heterocycles. The Balaban J connectivity index is 1.44. The molecule has 7 nitrogen and oxygen atoms in total. The molecule has 30 heavy (non-hydrogen) atoms. The van der Waals surface area contributed by atoms with Crippen LogP contribution in [0.4, 0.5) is 0 Å². The predicted molar refractivity (Wildman–Crippen MR) is 110 cm³/mol. The van der Waals surface area contributed by atoms with Crippen LogP contribution in [-0.4, -0.2) is 47.9 Å². The third-order valence-electron chi connectivity index (χ3n) is 6.45. The third kappa shape index (κ3) is 4.30. The molecule has 7 heteroatoms. The Morgan fingerprint density at radius 1 is 1.00 bits per heavy atom. The van der Waals surface area contributed by atoms with E-state index < -0.39 is 6.04 Å². The molecule has 3 amide bonds. The summed E-state index contributed by atoms with van der Waals surface area (Å²) in [5, 5.41) is 2.76. The van der Waals surface area contributed by atoms with Gasteiger partial charge in [-0.25, -0.2) is 0 Å². The first kappa shape index (κ1) is 20.7. The Morgan fingerprint density at radius 3 is 2.40 bits per heavy atom. The Morgan fingerprint density at radius 2 is 1.70 bits per heavy atom. The quantitative estimate of drug-likeness (QED) is 0.723. The van der Waals surface area contributed by atoms with Crippen LogP contribution in [-0.2, 0) is 9.59 Å². The molecule has 1 saturated heterocycles. The van der Waals surface area contributed by atoms with Crippen LogP contribution in [0.15, 0.2) is 18.2 Å². The molecule has 0 aromatic heterocycles. The molecule has 1 atom stereocenters. The number of rotatable bonds is 6. The third-order valence-corrected chi connectivity index (χ3v) is 6.45. The Bertz CT molecular complexity index is 812. The van der Waals surface area contributed by atoms with Gasteiger partial charge in [-0.15, -0.1) is 0 Å². The molecule has 2 saturated carbocycles. The van der Waals surface area contributed by atoms with Crippen molar-refractivity contribution in [3.63, 3.8) is 0 Å². The molecule has 1 aromatic carbocycles. The Kier molecular flexibility index (Phi) is 6.25. The summed E-state index contributed by atoms with van der Waals surface area (Å²) in [5.41, 5.74) is 0.389. The Labute approximate surface area is 177 Å². The summed E-state index contributed by atoms with van der Waals surface area (Å²) >= 11 is 0. The van der Waals surface area contributed by atoms with E-state index >= 15 is 0 Å². The number of hydrogen-bond acceptors (Lipinski definition) is 5. The summed E-state index contributed by atoms with van der Waals surface area (Å²) in [6.45, 7) is 0. The molecular weight excluding hydrogens is 384 g/mol. The molecule has 4 rings (SSSR count). The maximum atomic E-state index is 12.8. The highest BCUT2D eigenvalue weighted by molar-refractivity contribution is 6.08. The summed E-state index contributed by atoms with van der Waals surface area (Å²) in [5.74, 6) is 0.266. The van der Waals surface area contributed by atoms with Crippen LogP contribution >= 0.6 is 0 Å². The van der Waals surface area contributed by atoms with Gasteiger partial charge in [-0.05, 0) is 56.7 Å². The zero-order valence-corrected chi connectivity index (χ0v) is 17.5. The second kappa shape index (κ2) is 9.06. The van der Waals surface area contributed by atoms with Gasteiger partial charge in [0.05, 0.1) is 19.6 Å². The van der Waals surface area contributed by atoms with Crippen molar-refractivity contribution in [3.05, 3.63) is 23.8 Å². The fourth-order valence-electron chi connectivity index (χ4n) is 4.82. The van der Waals surface area contributed by atoms with E-state index in [1.54, 1.807) is 25.3 Å². The second-order valence-corrected chi connectivity index (χ2v) is 8.51. The number of nitrogens with one attached hydrogen (secondary N) is 1. The molecule has 0 bridgehead atoms. The van der Waals surface area contributed by atoms with Gasteiger partial charge in [0, 0.05) is 11.6 Å². The average molecular weight is 415 g/mol. The van der Waals surface area contributed by atoms with Crippen LogP contribution in [0.2, 0.25) is 0 Å². The molecule has 1 N–H and O–H groups in total. The number of carbonyl (C=O) groups is 3. The van der Waals surface area contributed by atoms with Gasteiger partial charge in [0.25, 0.3) is 11.8 Å². The van der Waals surface area contributed by atoms with Gasteiger partial charge in [-0.1, -0.05) is 19.3 Å². The first-order valence-electron chi connectivity index (χ1n) is 11.1. The van der Waals surface area contributed by atoms with Crippen molar-refractivity contribution in [3.8, 4) is 11.5 Å². The van der Waals surface area contributed by atoms with Crippen LogP contribution < -0.4 is 14.8 Å². The van der Waals surface area contributed by atoms with Crippen molar-refractivity contribution >= 4 is 17.7 Å². The van der Waals surface area contributed by atoms with E-state index in [0.717, 1.165) is 57.8 Å². The van der Waals surface area contributed by atoms with Crippen molar-refractivity contribution in [1.82, 2.24) is 10.2 Å². The lowest BCUT2D eigenvalue weighted by Gasteiger charge is -2.29. The number of methoxy groups -OCH3 is 1. The van der Waals surface area contributed by atoms with Gasteiger partial charge in [-0.3, -0.25) is 19.3 Å². The topological polar surface area (TPSA) is 84.9 Å². The summed E-state index contributed by atoms with van der Waals surface area (Å²) in [6, 6.07) is 4.19. The average Bonchev–Trinajstić information content (AvgIpc) is 3.36. The van der Waals surface area contributed by atoms with Gasteiger partial charge in [-0.2, -0.15) is 0 Å². The minimum atomic E-state index is -0.798. The SMILES string of the molecule is COc1ccc(C(=O)N[C@H]2CC(=O)N(C3CCCCC3)C2=O)cc1OC1CCCC1. The predicted octanol–water partition coefficient (Wildman–Crippen LogP) is 3.21. The molecular formula is C23H30N2O5. The molecule has 0 unspecified atom stereocenters. The molecule has 162 valence electrons. The molecule has 2 aliphatic carbocycles. The van der Waals surface area contributed by atoms with Gasteiger partial charge < -0.3 is 14.8 Å². The molecule has 3 aliphatic rings. The highest BCUT2D eigenvalue weighted by Crippen LogP contribution is 2.33. The fourth-order valence-corrected chi connectivity index (χ4v) is 4.82. The lowest BCUT2D eigenvalue weighted by Crippen LogP contribution is -2.46. The summed E-state index contributed by atoms with van der Waals surface area (Å²) in [6.07, 6.45) is 9.38. The van der Waals surface area contributed by atoms with Crippen molar-refractivity contribution < 1.29 is 23.9 Å². The number of ether oxygens (including phenoxy) is 2. The number of nitrogens with zero attached hydrogens (tertiary/aromatic N) is 1. The summed E-state index contributed by atoms with van der Waals surface area (Å²) < 4.78 is 11.4. The highest BCUT2D eigenvalue weighted by Gasteiger charge is 2.43. The fraction of sp³-hybridized carbons (Fsp3) is 0.609. The minimum absolute atomic E-state index is 0.0203. The van der Waals surface area contributed by atoms with Crippen molar-refractivity contribution in [2.45, 2.75) is 82.4 Å². The lowest BCUT2D eigenvalue weighted by atomic mass is 9.94. The highest BCUT2D eigenvalue weighted by atomic mass is 16.5. The number of hydrogen-bond donors (Lipinski definition) is 1. The molecule has 0 spiro atoms. The van der Waals surface area contributed by atoms with Gasteiger partial charge in [0.1, 0.15) is 6.04 Å². The molecule has 1 aliphatic heterocycles. The van der Waals surface area contributed by atoms with Crippen LogP contribution in [0.5, 0.6) is 11.5 Å². The van der Waals surface area contributed by atoms with E-state index in [-0.39, 0.29) is 36.3 Å². The second-order valence-electron chi connectivity index (χ2n) is 8.51. The molecule has 3 fully saturated rings. The number of benzene rings is 1. The zero-order chi connectivity index (χ0) is 21.1. The number of likely N-dealkylation sites (tertiary alicyclic amines) is 1. The smallest absolute Gasteiger partial charge is 0.252 e. The largest absolute Gasteiger partial charge is 0.493 e. The van der Waals surface area contributed by atoms with E-state index in [9.17, 15) is 14.4 Å². The van der Waals surface area contributed by atoms with E-state index in [2.05, 4.69) is 5.32 Å². The van der Waals surface area contributed by atoms with Crippen molar-refractivity contribution in [2.24, 2.45) is 0 Å². The van der Waals surface area contributed by atoms with Gasteiger partial charge in [0.15, 0.2) is 11.5 Å². The van der Waals surface area contributed by atoms with Crippen molar-refractivity contribution in [1.29, 1.82) is 0 Å². The first-order valence-corrected chi connectivity index (χ1v) is 11.1. The minimum Gasteiger partial charge on any atom is -0.493 e. The molecule has 0 radical (unpaired) electrons. The van der Waals surface area contributed by atoms with Crippen molar-refractivity contribution in [2.75, 3.05) is 7.11 Å². The number of imide groups is 1. The van der Waals surface area contributed by atoms with Crippen LogP contribution in [0.3, 0.4) is 0 Å². The van der Waals surface area contributed by atoms with Gasteiger partial charge in [0.2, 0.25) is 5.91 Å². The lowest BCUT2D eigenvalue weighted by molar-refractivity contribution is -0.142.